The molecule has 0 aromatic rings. The molecular formula is C4H5ClO2S. The van der Waals surface area contributed by atoms with Gasteiger partial charge in [-0.15, -0.1) is 0 Å². The Morgan fingerprint density at radius 2 is 2.25 bits per heavy atom. The Balaban J connectivity index is 3.00. The molecule has 0 aromatic heterocycles. The molecule has 0 unspecified atom stereocenters. The number of sulfone groups is 1. The second-order valence-corrected chi connectivity index (χ2v) is 4.14. The minimum absolute atomic E-state index is 0.186. The third-order valence-corrected chi connectivity index (χ3v) is 2.78. The number of hydrogen-bond donors (Lipinski definition) is 0. The second-order valence-electron chi connectivity index (χ2n) is 1.68. The number of halogens is 1. The van der Waals surface area contributed by atoms with E-state index in [9.17, 15) is 8.42 Å². The van der Waals surface area contributed by atoms with E-state index in [-0.39, 0.29) is 5.75 Å². The first-order valence-electron chi connectivity index (χ1n) is 2.19. The van der Waals surface area contributed by atoms with Gasteiger partial charge in [-0.3, -0.25) is 0 Å². The topological polar surface area (TPSA) is 34.1 Å². The largest absolute Gasteiger partial charge is 0.224 e. The van der Waals surface area contributed by atoms with Crippen LogP contribution in [0.1, 0.15) is 6.42 Å². The standard InChI is InChI=1S/C4H5ClO2S/c5-4-1-2-8(6,7)3-4/h3H,1-2H2. The van der Waals surface area contributed by atoms with Gasteiger partial charge < -0.3 is 0 Å². The van der Waals surface area contributed by atoms with Crippen molar-refractivity contribution in [3.05, 3.63) is 10.4 Å². The molecule has 1 aliphatic heterocycles. The Bertz CT molecular complexity index is 214. The maximum Gasteiger partial charge on any atom is 0.173 e. The molecule has 0 saturated carbocycles. The highest BCUT2D eigenvalue weighted by Gasteiger charge is 2.15. The van der Waals surface area contributed by atoms with Crippen molar-refractivity contribution in [3.63, 3.8) is 0 Å². The molecule has 46 valence electrons. The van der Waals surface area contributed by atoms with Gasteiger partial charge in [0.1, 0.15) is 0 Å². The van der Waals surface area contributed by atoms with Gasteiger partial charge in [-0.1, -0.05) is 11.6 Å². The van der Waals surface area contributed by atoms with Crippen LogP contribution in [0.5, 0.6) is 0 Å². The van der Waals surface area contributed by atoms with E-state index < -0.39 is 9.84 Å². The van der Waals surface area contributed by atoms with E-state index in [2.05, 4.69) is 0 Å². The molecule has 0 saturated heterocycles. The molecule has 0 N–H and O–H groups in total. The van der Waals surface area contributed by atoms with Crippen LogP contribution in [0, 0.1) is 0 Å². The van der Waals surface area contributed by atoms with E-state index in [4.69, 9.17) is 11.6 Å². The third-order valence-electron chi connectivity index (χ3n) is 0.933. The van der Waals surface area contributed by atoms with Crippen LogP contribution in [-0.2, 0) is 9.84 Å². The molecule has 0 spiro atoms. The molecule has 0 bridgehead atoms. The van der Waals surface area contributed by atoms with Crippen molar-refractivity contribution >= 4 is 21.4 Å². The maximum atomic E-state index is 10.5. The Morgan fingerprint density at radius 3 is 2.38 bits per heavy atom. The predicted octanol–water partition coefficient (Wildman–Crippen LogP) is 0.885. The normalized spacial score (nSPS) is 25.4. The van der Waals surface area contributed by atoms with Gasteiger partial charge in [0.05, 0.1) is 5.75 Å². The fourth-order valence-electron chi connectivity index (χ4n) is 0.552. The molecule has 0 radical (unpaired) electrons. The lowest BCUT2D eigenvalue weighted by molar-refractivity contribution is 0.606. The Morgan fingerprint density at radius 1 is 1.62 bits per heavy atom. The van der Waals surface area contributed by atoms with Crippen molar-refractivity contribution in [1.82, 2.24) is 0 Å². The average molecular weight is 153 g/mol. The minimum atomic E-state index is -2.89. The van der Waals surface area contributed by atoms with Gasteiger partial charge in [0, 0.05) is 10.4 Å². The number of hydrogen-bond acceptors (Lipinski definition) is 2. The molecule has 4 heteroatoms. The molecule has 8 heavy (non-hydrogen) atoms. The highest BCUT2D eigenvalue weighted by Crippen LogP contribution is 2.18. The van der Waals surface area contributed by atoms with Crippen LogP contribution in [0.15, 0.2) is 10.4 Å². The quantitative estimate of drug-likeness (QED) is 0.517. The molecule has 0 atom stereocenters. The van der Waals surface area contributed by atoms with Crippen molar-refractivity contribution in [2.75, 3.05) is 5.75 Å². The van der Waals surface area contributed by atoms with Crippen LogP contribution in [0.3, 0.4) is 0 Å². The van der Waals surface area contributed by atoms with Crippen molar-refractivity contribution in [2.45, 2.75) is 6.42 Å². The van der Waals surface area contributed by atoms with Crippen LogP contribution in [0.4, 0.5) is 0 Å². The monoisotopic (exact) mass is 152 g/mol. The van der Waals surface area contributed by atoms with Crippen LogP contribution < -0.4 is 0 Å². The van der Waals surface area contributed by atoms with Crippen LogP contribution in [0.2, 0.25) is 0 Å². The van der Waals surface area contributed by atoms with Gasteiger partial charge in [-0.2, -0.15) is 0 Å². The molecule has 1 rings (SSSR count). The van der Waals surface area contributed by atoms with Crippen molar-refractivity contribution in [3.8, 4) is 0 Å². The first-order chi connectivity index (χ1) is 3.60. The molecule has 0 amide bonds. The summed E-state index contributed by atoms with van der Waals surface area (Å²) in [5, 5.41) is 1.57. The summed E-state index contributed by atoms with van der Waals surface area (Å²) in [5.74, 6) is 0.186. The lowest BCUT2D eigenvalue weighted by atomic mass is 10.5. The maximum absolute atomic E-state index is 10.5. The molecule has 0 aliphatic carbocycles. The number of allylic oxidation sites excluding steroid dienone is 1. The van der Waals surface area contributed by atoms with E-state index in [1.165, 1.54) is 0 Å². The van der Waals surface area contributed by atoms with Gasteiger partial charge in [-0.05, 0) is 6.42 Å². The lowest BCUT2D eigenvalue weighted by Crippen LogP contribution is -1.92. The molecular weight excluding hydrogens is 148 g/mol. The van der Waals surface area contributed by atoms with Gasteiger partial charge in [0.2, 0.25) is 0 Å². The van der Waals surface area contributed by atoms with Gasteiger partial charge in [0.15, 0.2) is 9.84 Å². The van der Waals surface area contributed by atoms with E-state index in [0.29, 0.717) is 11.5 Å². The van der Waals surface area contributed by atoms with E-state index in [0.717, 1.165) is 5.41 Å². The molecule has 1 heterocycles. The van der Waals surface area contributed by atoms with Gasteiger partial charge >= 0.3 is 0 Å². The van der Waals surface area contributed by atoms with Crippen LogP contribution in [-0.4, -0.2) is 14.2 Å². The smallest absolute Gasteiger partial charge is 0.173 e. The first-order valence-corrected chi connectivity index (χ1v) is 4.28. The first kappa shape index (κ1) is 6.11. The lowest BCUT2D eigenvalue weighted by Gasteiger charge is -1.79. The van der Waals surface area contributed by atoms with Gasteiger partial charge in [-0.25, -0.2) is 8.42 Å². The summed E-state index contributed by atoms with van der Waals surface area (Å²) in [7, 11) is -2.89. The van der Waals surface area contributed by atoms with Gasteiger partial charge in [0.25, 0.3) is 0 Å². The highest BCUT2D eigenvalue weighted by molar-refractivity contribution is 7.94. The summed E-state index contributed by atoms with van der Waals surface area (Å²) in [6.07, 6.45) is 0.490. The van der Waals surface area contributed by atoms with Crippen molar-refractivity contribution in [1.29, 1.82) is 0 Å². The van der Waals surface area contributed by atoms with E-state index >= 15 is 0 Å². The zero-order valence-corrected chi connectivity index (χ0v) is 5.67. The summed E-state index contributed by atoms with van der Waals surface area (Å²) in [4.78, 5) is 0. The molecule has 0 fully saturated rings. The summed E-state index contributed by atoms with van der Waals surface area (Å²) in [6, 6.07) is 0. The zero-order valence-electron chi connectivity index (χ0n) is 4.09. The predicted molar refractivity (Wildman–Crippen MR) is 32.3 cm³/mol. The molecule has 0 aromatic carbocycles. The van der Waals surface area contributed by atoms with E-state index in [1.54, 1.807) is 0 Å². The van der Waals surface area contributed by atoms with Crippen molar-refractivity contribution < 1.29 is 8.42 Å². The summed E-state index contributed by atoms with van der Waals surface area (Å²) >= 11 is 5.38. The number of rotatable bonds is 0. The summed E-state index contributed by atoms with van der Waals surface area (Å²) < 4.78 is 21.0. The van der Waals surface area contributed by atoms with Crippen LogP contribution in [0.25, 0.3) is 0 Å². The minimum Gasteiger partial charge on any atom is -0.224 e. The Hall–Kier alpha value is -0.0200. The van der Waals surface area contributed by atoms with Crippen molar-refractivity contribution in [2.24, 2.45) is 0 Å². The summed E-state index contributed by atoms with van der Waals surface area (Å²) in [6.45, 7) is 0. The average Bonchev–Trinajstić information content (AvgIpc) is 1.82. The Labute approximate surface area is 53.1 Å². The fourth-order valence-corrected chi connectivity index (χ4v) is 2.30. The highest BCUT2D eigenvalue weighted by atomic mass is 35.5. The third kappa shape index (κ3) is 1.23. The fraction of sp³-hybridized carbons (Fsp3) is 0.500. The Kier molecular flexibility index (Phi) is 1.33. The zero-order chi connectivity index (χ0) is 6.20. The second kappa shape index (κ2) is 1.74. The summed E-state index contributed by atoms with van der Waals surface area (Å²) in [5.41, 5.74) is 0. The SMILES string of the molecule is O=S1(=O)C=C(Cl)CC1. The molecule has 1 aliphatic rings. The molecule has 2 nitrogen and oxygen atoms in total. The van der Waals surface area contributed by atoms with E-state index in [1.807, 2.05) is 0 Å². The van der Waals surface area contributed by atoms with Crippen LogP contribution >= 0.6 is 11.6 Å².